The summed E-state index contributed by atoms with van der Waals surface area (Å²) in [6, 6.07) is 6.16. The molecule has 0 unspecified atom stereocenters. The Morgan fingerprint density at radius 1 is 1.18 bits per heavy atom. The molecule has 9 nitrogen and oxygen atoms in total. The Bertz CT molecular complexity index is 1400. The Labute approximate surface area is 191 Å². The van der Waals surface area contributed by atoms with Crippen LogP contribution in [-0.2, 0) is 10.0 Å². The maximum absolute atomic E-state index is 14.0. The largest absolute Gasteiger partial charge is 0.451 e. The van der Waals surface area contributed by atoms with Crippen molar-refractivity contribution in [3.05, 3.63) is 48.1 Å². The molecule has 5 rings (SSSR count). The van der Waals surface area contributed by atoms with Gasteiger partial charge in [-0.05, 0) is 31.0 Å². The van der Waals surface area contributed by atoms with Gasteiger partial charge in [0, 0.05) is 42.4 Å². The molecule has 1 saturated heterocycles. The highest BCUT2D eigenvalue weighted by Crippen LogP contribution is 2.66. The van der Waals surface area contributed by atoms with Gasteiger partial charge in [0.15, 0.2) is 11.6 Å². The lowest BCUT2D eigenvalue weighted by molar-refractivity contribution is 0.0536. The molecule has 1 aliphatic heterocycles. The van der Waals surface area contributed by atoms with Gasteiger partial charge in [0.1, 0.15) is 11.4 Å². The molecule has 0 radical (unpaired) electrons. The minimum Gasteiger partial charge on any atom is -0.451 e. The highest BCUT2D eigenvalue weighted by Gasteiger charge is 2.70. The summed E-state index contributed by atoms with van der Waals surface area (Å²) >= 11 is 0. The number of sulfonamides is 1. The molecule has 34 heavy (non-hydrogen) atoms. The first-order valence-corrected chi connectivity index (χ1v) is 11.8. The van der Waals surface area contributed by atoms with E-state index in [1.54, 1.807) is 4.90 Å². The predicted octanol–water partition coefficient (Wildman–Crippen LogP) is 3.51. The average Bonchev–Trinajstić information content (AvgIpc) is 3.12. The second-order valence-corrected chi connectivity index (χ2v) is 10.2. The Balaban J connectivity index is 1.41. The van der Waals surface area contributed by atoms with Crippen molar-refractivity contribution in [2.75, 3.05) is 22.7 Å². The molecule has 2 fully saturated rings. The number of anilines is 2. The quantitative estimate of drug-likeness (QED) is 0.365. The van der Waals surface area contributed by atoms with Crippen molar-refractivity contribution < 1.29 is 36.0 Å². The summed E-state index contributed by atoms with van der Waals surface area (Å²) < 4.78 is 75.1. The minimum absolute atomic E-state index is 0.0748. The van der Waals surface area contributed by atoms with E-state index < -0.39 is 33.1 Å². The molecule has 3 aromatic rings. The number of furan rings is 1. The fourth-order valence-electron chi connectivity index (χ4n) is 4.38. The predicted molar refractivity (Wildman–Crippen MR) is 114 cm³/mol. The van der Waals surface area contributed by atoms with Crippen molar-refractivity contribution >= 4 is 38.4 Å². The number of halogens is 3. The number of piperidine rings is 1. The van der Waals surface area contributed by atoms with Gasteiger partial charge in [-0.1, -0.05) is 0 Å². The third-order valence-electron chi connectivity index (χ3n) is 6.44. The number of hydrogen-bond donors (Lipinski definition) is 3. The fraction of sp³-hybridized carbons (Fsp3) is 0.333. The number of hydroxylamine groups is 1. The van der Waals surface area contributed by atoms with Crippen LogP contribution in [0.25, 0.3) is 11.0 Å². The van der Waals surface area contributed by atoms with E-state index >= 15 is 0 Å². The van der Waals surface area contributed by atoms with Crippen LogP contribution in [-0.4, -0.2) is 43.5 Å². The first kappa shape index (κ1) is 22.5. The second-order valence-electron chi connectivity index (χ2n) is 8.53. The molecule has 180 valence electrons. The molecule has 2 aliphatic rings. The van der Waals surface area contributed by atoms with Crippen LogP contribution in [0.15, 0.2) is 45.8 Å². The zero-order chi connectivity index (χ0) is 24.3. The van der Waals surface area contributed by atoms with Crippen LogP contribution in [0.3, 0.4) is 0 Å². The Morgan fingerprint density at radius 3 is 2.53 bits per heavy atom. The minimum atomic E-state index is -4.24. The van der Waals surface area contributed by atoms with E-state index in [9.17, 15) is 26.4 Å². The lowest BCUT2D eigenvalue weighted by Crippen LogP contribution is -2.37. The number of nitrogens with zero attached hydrogens (tertiary/aromatic N) is 2. The molecule has 3 N–H and O–H groups in total. The highest BCUT2D eigenvalue weighted by atomic mass is 32.2. The molecular weight excluding hydrogens is 477 g/mol. The first-order valence-electron chi connectivity index (χ1n) is 10.3. The number of carbonyl (C=O) groups is 1. The maximum atomic E-state index is 14.0. The van der Waals surface area contributed by atoms with Crippen LogP contribution < -0.4 is 15.1 Å². The number of amides is 1. The van der Waals surface area contributed by atoms with Crippen LogP contribution in [0.1, 0.15) is 29.8 Å². The molecular formula is C21H19F3N4O5S. The van der Waals surface area contributed by atoms with Crippen LogP contribution in [0.2, 0.25) is 0 Å². The summed E-state index contributed by atoms with van der Waals surface area (Å²) in [4.78, 5) is 17.0. The van der Waals surface area contributed by atoms with Gasteiger partial charge < -0.3 is 9.32 Å². The van der Waals surface area contributed by atoms with Crippen LogP contribution >= 0.6 is 0 Å². The van der Waals surface area contributed by atoms with E-state index in [1.807, 2.05) is 0 Å². The van der Waals surface area contributed by atoms with Gasteiger partial charge in [-0.2, -0.15) is 0 Å². The SMILES string of the molecule is O=C(NO)c1cc2ccc(S(=O)(=O)Nc3cc(F)cnc3N3CCC4(CC3)CC4(F)F)cc2o1. The highest BCUT2D eigenvalue weighted by molar-refractivity contribution is 7.92. The second kappa shape index (κ2) is 7.60. The normalized spacial score (nSPS) is 18.8. The third kappa shape index (κ3) is 3.74. The summed E-state index contributed by atoms with van der Waals surface area (Å²) in [7, 11) is -4.24. The van der Waals surface area contributed by atoms with Gasteiger partial charge in [0.05, 0.1) is 16.8 Å². The lowest BCUT2D eigenvalue weighted by atomic mass is 9.93. The fourth-order valence-corrected chi connectivity index (χ4v) is 5.45. The number of hydrogen-bond acceptors (Lipinski definition) is 7. The van der Waals surface area contributed by atoms with Crippen LogP contribution in [0.4, 0.5) is 24.7 Å². The number of fused-ring (bicyclic) bond motifs is 1. The van der Waals surface area contributed by atoms with E-state index in [-0.39, 0.29) is 60.1 Å². The van der Waals surface area contributed by atoms with Gasteiger partial charge in [-0.15, -0.1) is 0 Å². The number of nitrogens with one attached hydrogen (secondary N) is 2. The van der Waals surface area contributed by atoms with Crippen molar-refractivity contribution in [3.8, 4) is 0 Å². The summed E-state index contributed by atoms with van der Waals surface area (Å²) in [6.45, 7) is 0.466. The van der Waals surface area contributed by atoms with Crippen molar-refractivity contribution in [2.45, 2.75) is 30.1 Å². The Morgan fingerprint density at radius 2 is 1.88 bits per heavy atom. The van der Waals surface area contributed by atoms with E-state index in [2.05, 4.69) is 9.71 Å². The average molecular weight is 496 g/mol. The molecule has 1 amide bonds. The van der Waals surface area contributed by atoms with Gasteiger partial charge in [0.2, 0.25) is 0 Å². The third-order valence-corrected chi connectivity index (χ3v) is 7.80. The van der Waals surface area contributed by atoms with Crippen LogP contribution in [0, 0.1) is 11.2 Å². The standard InChI is InChI=1S/C21H19F3N4O5S/c22-13-8-15(18(25-10-13)28-5-3-20(4-6-28)11-21(20,23)24)27-34(31,32)14-2-1-12-7-17(19(29)26-30)33-16(12)9-14/h1-2,7-10,27,30H,3-6,11H2,(H,26,29). The molecule has 0 bridgehead atoms. The molecule has 1 aromatic carbocycles. The van der Waals surface area contributed by atoms with Crippen LogP contribution in [0.5, 0.6) is 0 Å². The summed E-state index contributed by atoms with van der Waals surface area (Å²) in [6.07, 6.45) is 1.24. The number of pyridine rings is 1. The Kier molecular flexibility index (Phi) is 5.02. The molecule has 1 saturated carbocycles. The van der Waals surface area contributed by atoms with Gasteiger partial charge in [0.25, 0.3) is 15.9 Å². The topological polar surface area (TPSA) is 125 Å². The lowest BCUT2D eigenvalue weighted by Gasteiger charge is -2.34. The molecule has 1 aliphatic carbocycles. The molecule has 0 atom stereocenters. The number of benzene rings is 1. The number of aromatic nitrogens is 1. The molecule has 1 spiro atoms. The summed E-state index contributed by atoms with van der Waals surface area (Å²) in [5.74, 6) is -4.43. The zero-order valence-electron chi connectivity index (χ0n) is 17.5. The number of alkyl halides is 2. The van der Waals surface area contributed by atoms with E-state index in [1.165, 1.54) is 29.7 Å². The van der Waals surface area contributed by atoms with Gasteiger partial charge >= 0.3 is 5.91 Å². The molecule has 2 aromatic heterocycles. The molecule has 3 heterocycles. The smallest absolute Gasteiger partial charge is 0.310 e. The van der Waals surface area contributed by atoms with Gasteiger partial charge in [-0.3, -0.25) is 14.7 Å². The zero-order valence-corrected chi connectivity index (χ0v) is 18.3. The van der Waals surface area contributed by atoms with Crippen molar-refractivity contribution in [1.29, 1.82) is 0 Å². The summed E-state index contributed by atoms with van der Waals surface area (Å²) in [5.41, 5.74) is 0.366. The molecule has 13 heteroatoms. The Hall–Kier alpha value is -3.32. The first-order chi connectivity index (χ1) is 16.0. The van der Waals surface area contributed by atoms with E-state index in [0.29, 0.717) is 5.39 Å². The van der Waals surface area contributed by atoms with E-state index in [0.717, 1.165) is 12.3 Å². The van der Waals surface area contributed by atoms with Crippen molar-refractivity contribution in [3.63, 3.8) is 0 Å². The summed E-state index contributed by atoms with van der Waals surface area (Å²) in [5, 5.41) is 9.15. The monoisotopic (exact) mass is 496 g/mol. The van der Waals surface area contributed by atoms with Crippen molar-refractivity contribution in [2.24, 2.45) is 5.41 Å². The van der Waals surface area contributed by atoms with Crippen molar-refractivity contribution in [1.82, 2.24) is 10.5 Å². The number of carbonyl (C=O) groups excluding carboxylic acids is 1. The maximum Gasteiger partial charge on any atom is 0.310 e. The number of rotatable bonds is 5. The van der Waals surface area contributed by atoms with Gasteiger partial charge in [-0.25, -0.2) is 32.1 Å². The van der Waals surface area contributed by atoms with E-state index in [4.69, 9.17) is 9.62 Å².